The normalized spacial score (nSPS) is 21.8. The number of aliphatic hydroxyl groups excluding tert-OH is 1. The van der Waals surface area contributed by atoms with Crippen LogP contribution < -0.4 is 10.6 Å². The minimum absolute atomic E-state index is 0.0788. The number of benzene rings is 3. The van der Waals surface area contributed by atoms with E-state index in [9.17, 15) is 9.90 Å². The van der Waals surface area contributed by atoms with Crippen LogP contribution in [0.15, 0.2) is 66.7 Å². The second kappa shape index (κ2) is 11.8. The highest BCUT2D eigenvalue weighted by atomic mass is 19.1. The summed E-state index contributed by atoms with van der Waals surface area (Å²) in [7, 11) is 0. The van der Waals surface area contributed by atoms with Crippen molar-refractivity contribution in [3.8, 4) is 0 Å². The lowest BCUT2D eigenvalue weighted by Gasteiger charge is -2.43. The zero-order valence-electron chi connectivity index (χ0n) is 24.0. The highest BCUT2D eigenvalue weighted by Crippen LogP contribution is 2.42. The number of allylic oxidation sites excluding steroid dienone is 2. The molecule has 3 unspecified atom stereocenters. The van der Waals surface area contributed by atoms with Gasteiger partial charge in [-0.15, -0.1) is 0 Å². The molecule has 41 heavy (non-hydrogen) atoms. The van der Waals surface area contributed by atoms with Gasteiger partial charge in [-0.05, 0) is 104 Å². The Morgan fingerprint density at radius 2 is 1.73 bits per heavy atom. The maximum atomic E-state index is 15.0. The Bertz CT molecular complexity index is 1420. The third-order valence-electron chi connectivity index (χ3n) is 9.26. The number of piperidine rings is 1. The molecule has 3 aromatic carbocycles. The summed E-state index contributed by atoms with van der Waals surface area (Å²) in [4.78, 5) is 15.9. The van der Waals surface area contributed by atoms with Gasteiger partial charge < -0.3 is 15.7 Å². The lowest BCUT2D eigenvalue weighted by atomic mass is 9.83. The molecule has 6 rings (SSSR count). The first-order chi connectivity index (χ1) is 19.9. The van der Waals surface area contributed by atoms with Gasteiger partial charge in [0, 0.05) is 35.6 Å². The number of amides is 1. The molecule has 3 aliphatic rings. The first-order valence-electron chi connectivity index (χ1n) is 15.1. The molecule has 5 nitrogen and oxygen atoms in total. The molecule has 2 fully saturated rings. The summed E-state index contributed by atoms with van der Waals surface area (Å²) in [5, 5.41) is 18.5. The molecule has 1 amide bonds. The minimum Gasteiger partial charge on any atom is -0.382 e. The van der Waals surface area contributed by atoms with Crippen LogP contribution in [-0.4, -0.2) is 28.5 Å². The lowest BCUT2D eigenvalue weighted by Crippen LogP contribution is -2.45. The molecule has 3 aromatic rings. The molecule has 1 heterocycles. The topological polar surface area (TPSA) is 64.6 Å². The van der Waals surface area contributed by atoms with E-state index in [1.165, 1.54) is 48.4 Å². The first-order valence-corrected chi connectivity index (χ1v) is 15.1. The number of nitrogens with zero attached hydrogens (tertiary/aromatic N) is 1. The molecule has 0 aromatic heterocycles. The van der Waals surface area contributed by atoms with Crippen LogP contribution >= 0.6 is 0 Å². The molecule has 1 saturated heterocycles. The fourth-order valence-corrected chi connectivity index (χ4v) is 7.02. The Morgan fingerprint density at radius 1 is 0.976 bits per heavy atom. The number of rotatable bonds is 7. The molecule has 3 atom stereocenters. The van der Waals surface area contributed by atoms with E-state index in [4.69, 9.17) is 0 Å². The number of carbonyl (C=O) groups excluding carboxylic acids is 1. The van der Waals surface area contributed by atoms with E-state index in [2.05, 4.69) is 60.0 Å². The molecule has 0 bridgehead atoms. The number of nitrogens with one attached hydrogen (secondary N) is 2. The van der Waals surface area contributed by atoms with Crippen LogP contribution in [0.2, 0.25) is 0 Å². The second-order valence-corrected chi connectivity index (χ2v) is 12.0. The predicted octanol–water partition coefficient (Wildman–Crippen LogP) is 7.53. The fraction of sp³-hybridized carbons (Fsp3) is 0.400. The Kier molecular flexibility index (Phi) is 7.96. The molecule has 6 heteroatoms. The van der Waals surface area contributed by atoms with Gasteiger partial charge in [-0.1, -0.05) is 49.2 Å². The molecule has 214 valence electrons. The first kappa shape index (κ1) is 27.7. The molecular formula is C35H40FN3O2. The highest BCUT2D eigenvalue weighted by Gasteiger charge is 2.41. The van der Waals surface area contributed by atoms with Gasteiger partial charge in [-0.25, -0.2) is 4.39 Å². The van der Waals surface area contributed by atoms with Crippen molar-refractivity contribution in [1.82, 2.24) is 4.90 Å². The average Bonchev–Trinajstić information content (AvgIpc) is 3.62. The van der Waals surface area contributed by atoms with Crippen LogP contribution in [0.4, 0.5) is 15.8 Å². The largest absolute Gasteiger partial charge is 0.382 e. The lowest BCUT2D eigenvalue weighted by molar-refractivity contribution is -0.128. The quantitative estimate of drug-likeness (QED) is 0.283. The van der Waals surface area contributed by atoms with Crippen LogP contribution in [-0.2, 0) is 11.2 Å². The van der Waals surface area contributed by atoms with Crippen LogP contribution in [0.25, 0.3) is 5.57 Å². The predicted molar refractivity (Wildman–Crippen MR) is 163 cm³/mol. The van der Waals surface area contributed by atoms with Crippen LogP contribution in [0.5, 0.6) is 0 Å². The van der Waals surface area contributed by atoms with E-state index in [-0.39, 0.29) is 11.5 Å². The Morgan fingerprint density at radius 3 is 2.49 bits per heavy atom. The highest BCUT2D eigenvalue weighted by molar-refractivity contribution is 5.94. The fourth-order valence-electron chi connectivity index (χ4n) is 7.02. The smallest absolute Gasteiger partial charge is 0.229 e. The molecule has 1 saturated carbocycles. The van der Waals surface area contributed by atoms with Crippen molar-refractivity contribution in [3.05, 3.63) is 100 Å². The molecular weight excluding hydrogens is 513 g/mol. The van der Waals surface area contributed by atoms with Crippen LogP contribution in [0, 0.1) is 18.7 Å². The average molecular weight is 554 g/mol. The molecule has 0 radical (unpaired) electrons. The minimum atomic E-state index is -1.17. The summed E-state index contributed by atoms with van der Waals surface area (Å²) in [5.74, 6) is -0.922. The van der Waals surface area contributed by atoms with Gasteiger partial charge in [0.25, 0.3) is 0 Å². The summed E-state index contributed by atoms with van der Waals surface area (Å²) in [6.45, 7) is 4.48. The molecule has 3 N–H and O–H groups in total. The van der Waals surface area contributed by atoms with Crippen molar-refractivity contribution < 1.29 is 14.3 Å². The number of carbonyl (C=O) groups is 1. The second-order valence-electron chi connectivity index (χ2n) is 12.0. The van der Waals surface area contributed by atoms with Crippen LogP contribution in [0.3, 0.4) is 0 Å². The summed E-state index contributed by atoms with van der Waals surface area (Å²) in [6, 6.07) is 19.4. The zero-order valence-corrected chi connectivity index (χ0v) is 24.0. The van der Waals surface area contributed by atoms with Crippen molar-refractivity contribution in [2.45, 2.75) is 77.1 Å². The Labute approximate surface area is 242 Å². The van der Waals surface area contributed by atoms with Crippen LogP contribution in [0.1, 0.15) is 85.5 Å². The van der Waals surface area contributed by atoms with E-state index < -0.39 is 24.0 Å². The van der Waals surface area contributed by atoms with Gasteiger partial charge in [0.15, 0.2) is 0 Å². The van der Waals surface area contributed by atoms with Crippen molar-refractivity contribution in [1.29, 1.82) is 0 Å². The van der Waals surface area contributed by atoms with Crippen molar-refractivity contribution in [2.75, 3.05) is 17.2 Å². The van der Waals surface area contributed by atoms with Gasteiger partial charge in [0.1, 0.15) is 12.0 Å². The number of fused-ring (bicyclic) bond motifs is 1. The summed E-state index contributed by atoms with van der Waals surface area (Å²) in [6.07, 6.45) is 8.28. The summed E-state index contributed by atoms with van der Waals surface area (Å²) < 4.78 is 15.0. The van der Waals surface area contributed by atoms with Crippen molar-refractivity contribution in [2.24, 2.45) is 5.92 Å². The van der Waals surface area contributed by atoms with Crippen molar-refractivity contribution in [3.63, 3.8) is 0 Å². The number of likely N-dealkylation sites (tertiary alicyclic amines) is 1. The van der Waals surface area contributed by atoms with Gasteiger partial charge in [0.05, 0.1) is 5.92 Å². The molecule has 2 aliphatic carbocycles. The third kappa shape index (κ3) is 5.68. The maximum absolute atomic E-state index is 15.0. The van der Waals surface area contributed by atoms with E-state index in [0.29, 0.717) is 24.6 Å². The standard InChI is InChI=1S/C35H40FN3O2/c1-22-12-13-24-14-19-28(21-30(22)24)38-34(40)29-10-6-20-39(35(41)32-23(2)7-5-11-31(32)36)33(29)25-15-17-27(18-16-25)37-26-8-3-4-9-26/h5,7,11-12,14-19,21,26,29,33,35,37,41H,3-4,6,8-10,13,20H2,1-2H3,(H,38,40). The number of halogens is 1. The Hall–Kier alpha value is -3.48. The van der Waals surface area contributed by atoms with Gasteiger partial charge in [0.2, 0.25) is 5.91 Å². The monoisotopic (exact) mass is 553 g/mol. The van der Waals surface area contributed by atoms with Gasteiger partial charge >= 0.3 is 0 Å². The molecule has 0 spiro atoms. The summed E-state index contributed by atoms with van der Waals surface area (Å²) >= 11 is 0. The Balaban J connectivity index is 1.31. The number of aryl methyl sites for hydroxylation is 1. The number of anilines is 2. The SMILES string of the molecule is CC1=CCc2ccc(NC(=O)C3CCCN(C(O)c4c(C)cccc4F)C3c3ccc(NC4CCCC4)cc3)cc21. The number of aliphatic hydroxyl groups is 1. The van der Waals surface area contributed by atoms with E-state index >= 15 is 4.39 Å². The number of hydrogen-bond acceptors (Lipinski definition) is 4. The van der Waals surface area contributed by atoms with Gasteiger partial charge in [-0.3, -0.25) is 9.69 Å². The third-order valence-corrected chi connectivity index (χ3v) is 9.26. The summed E-state index contributed by atoms with van der Waals surface area (Å²) in [5.41, 5.74) is 7.45. The van der Waals surface area contributed by atoms with Gasteiger partial charge in [-0.2, -0.15) is 0 Å². The molecule has 1 aliphatic heterocycles. The van der Waals surface area contributed by atoms with E-state index in [1.54, 1.807) is 6.07 Å². The van der Waals surface area contributed by atoms with Crippen molar-refractivity contribution >= 4 is 22.9 Å². The maximum Gasteiger partial charge on any atom is 0.229 e. The van der Waals surface area contributed by atoms with E-state index in [1.807, 2.05) is 24.0 Å². The zero-order chi connectivity index (χ0) is 28.5. The van der Waals surface area contributed by atoms with E-state index in [0.717, 1.165) is 29.8 Å². The number of hydrogen-bond donors (Lipinski definition) is 3.